The average molecular weight is 374 g/mol. The van der Waals surface area contributed by atoms with Gasteiger partial charge in [0.15, 0.2) is 5.82 Å². The number of aromatic nitrogens is 1. The van der Waals surface area contributed by atoms with E-state index in [-0.39, 0.29) is 18.1 Å². The minimum absolute atomic E-state index is 0.0561. The van der Waals surface area contributed by atoms with Crippen LogP contribution in [0.3, 0.4) is 0 Å². The maximum atomic E-state index is 15.0. The number of fused-ring (bicyclic) bond motifs is 1. The van der Waals surface area contributed by atoms with Gasteiger partial charge in [-0.2, -0.15) is 0 Å². The van der Waals surface area contributed by atoms with Crippen molar-refractivity contribution in [1.82, 2.24) is 4.40 Å². The maximum absolute atomic E-state index is 15.0. The van der Waals surface area contributed by atoms with E-state index in [0.29, 0.717) is 36.3 Å². The number of hydrogen-bond donors (Lipinski definition) is 1. The van der Waals surface area contributed by atoms with Gasteiger partial charge in [0.2, 0.25) is 0 Å². The molecule has 0 spiro atoms. The molecule has 6 nitrogen and oxygen atoms in total. The zero-order valence-electron chi connectivity index (χ0n) is 15.5. The molecule has 0 amide bonds. The van der Waals surface area contributed by atoms with E-state index in [1.807, 2.05) is 4.90 Å². The van der Waals surface area contributed by atoms with Crippen LogP contribution in [-0.2, 0) is 4.74 Å². The van der Waals surface area contributed by atoms with E-state index in [1.54, 1.807) is 19.9 Å². The van der Waals surface area contributed by atoms with E-state index in [4.69, 9.17) is 4.74 Å². The average Bonchev–Trinajstić information content (AvgIpc) is 3.38. The van der Waals surface area contributed by atoms with Crippen LogP contribution in [-0.4, -0.2) is 41.3 Å². The number of nitrogens with zero attached hydrogens (tertiary/aromatic N) is 2. The lowest BCUT2D eigenvalue weighted by Gasteiger charge is -2.23. The summed E-state index contributed by atoms with van der Waals surface area (Å²) in [4.78, 5) is 26.9. The minimum atomic E-state index is -0.677. The summed E-state index contributed by atoms with van der Waals surface area (Å²) in [6.45, 7) is 4.59. The van der Waals surface area contributed by atoms with Gasteiger partial charge >= 0.3 is 5.97 Å². The van der Waals surface area contributed by atoms with E-state index < -0.39 is 23.4 Å². The normalized spacial score (nSPS) is 19.7. The van der Waals surface area contributed by atoms with Gasteiger partial charge in [-0.25, -0.2) is 9.18 Å². The van der Waals surface area contributed by atoms with Gasteiger partial charge in [-0.15, -0.1) is 0 Å². The van der Waals surface area contributed by atoms with Crippen molar-refractivity contribution >= 4 is 17.2 Å². The molecule has 1 aliphatic heterocycles. The summed E-state index contributed by atoms with van der Waals surface area (Å²) in [6, 6.07) is 1.63. The Bertz CT molecular complexity index is 980. The van der Waals surface area contributed by atoms with Gasteiger partial charge in [0.1, 0.15) is 5.56 Å². The van der Waals surface area contributed by atoms with Gasteiger partial charge in [-0.05, 0) is 56.2 Å². The number of anilines is 1. The highest BCUT2D eigenvalue weighted by Gasteiger charge is 2.32. The lowest BCUT2D eigenvalue weighted by molar-refractivity contribution is 0.0524. The van der Waals surface area contributed by atoms with Crippen molar-refractivity contribution in [3.8, 4) is 0 Å². The molecule has 144 valence electrons. The Morgan fingerprint density at radius 2 is 2.11 bits per heavy atom. The number of esters is 1. The van der Waals surface area contributed by atoms with E-state index >= 15 is 0 Å². The fourth-order valence-electron chi connectivity index (χ4n) is 4.04. The first kappa shape index (κ1) is 18.0. The summed E-state index contributed by atoms with van der Waals surface area (Å²) in [7, 11) is 0. The molecule has 4 rings (SSSR count). The second-order valence-corrected chi connectivity index (χ2v) is 7.37. The van der Waals surface area contributed by atoms with Gasteiger partial charge in [0.05, 0.1) is 30.1 Å². The molecule has 0 bridgehead atoms. The van der Waals surface area contributed by atoms with Gasteiger partial charge < -0.3 is 14.7 Å². The Morgan fingerprint density at radius 1 is 1.37 bits per heavy atom. The number of ether oxygens (including phenoxy) is 1. The number of carbonyl (C=O) groups is 1. The zero-order valence-corrected chi connectivity index (χ0v) is 15.5. The summed E-state index contributed by atoms with van der Waals surface area (Å²) in [5.74, 6) is -0.947. The molecule has 2 aromatic rings. The standard InChI is InChI=1S/C20H23FN2O4/c1-3-27-20(26)15-8-14(12-4-5-12)17-11(2)18(22-7-6-13(24)9-22)16(21)10-23(17)19(15)25/h8,10,12-13,24H,3-7,9H2,1-2H3/t13-/m0/s1. The highest BCUT2D eigenvalue weighted by atomic mass is 19.1. The highest BCUT2D eigenvalue weighted by molar-refractivity contribution is 5.90. The first-order chi connectivity index (χ1) is 12.9. The summed E-state index contributed by atoms with van der Waals surface area (Å²) in [6.07, 6.45) is 3.24. The largest absolute Gasteiger partial charge is 0.462 e. The number of β-amino-alcohol motifs (C(OH)–C–C–N with tert-alkyl or cyclic N) is 1. The summed E-state index contributed by atoms with van der Waals surface area (Å²) >= 11 is 0. The third-order valence-electron chi connectivity index (χ3n) is 5.43. The minimum Gasteiger partial charge on any atom is -0.462 e. The number of pyridine rings is 2. The number of aryl methyl sites for hydroxylation is 1. The Balaban J connectivity index is 1.97. The Hall–Kier alpha value is -2.41. The third kappa shape index (κ3) is 3.00. The van der Waals surface area contributed by atoms with Crippen molar-refractivity contribution in [2.24, 2.45) is 0 Å². The van der Waals surface area contributed by atoms with Crippen LogP contribution >= 0.6 is 0 Å². The number of hydrogen-bond acceptors (Lipinski definition) is 5. The topological polar surface area (TPSA) is 71.2 Å². The molecule has 27 heavy (non-hydrogen) atoms. The first-order valence-corrected chi connectivity index (χ1v) is 9.40. The molecule has 1 atom stereocenters. The first-order valence-electron chi connectivity index (χ1n) is 9.40. The van der Waals surface area contributed by atoms with Crippen molar-refractivity contribution in [3.63, 3.8) is 0 Å². The van der Waals surface area contributed by atoms with Crippen LogP contribution in [0.15, 0.2) is 17.1 Å². The molecular weight excluding hydrogens is 351 g/mol. The molecule has 2 aliphatic rings. The Kier molecular flexibility index (Phi) is 4.42. The van der Waals surface area contributed by atoms with E-state index in [9.17, 15) is 19.1 Å². The van der Waals surface area contributed by atoms with Crippen LogP contribution in [0, 0.1) is 12.7 Å². The summed E-state index contributed by atoms with van der Waals surface area (Å²) < 4.78 is 21.2. The molecule has 0 unspecified atom stereocenters. The Labute approximate surface area is 156 Å². The fourth-order valence-corrected chi connectivity index (χ4v) is 4.04. The second-order valence-electron chi connectivity index (χ2n) is 7.37. The van der Waals surface area contributed by atoms with Crippen LogP contribution in [0.1, 0.15) is 53.6 Å². The van der Waals surface area contributed by atoms with Crippen LogP contribution in [0.2, 0.25) is 0 Å². The molecule has 1 N–H and O–H groups in total. The Morgan fingerprint density at radius 3 is 2.70 bits per heavy atom. The van der Waals surface area contributed by atoms with Crippen LogP contribution in [0.5, 0.6) is 0 Å². The molecule has 3 heterocycles. The van der Waals surface area contributed by atoms with Crippen LogP contribution in [0.25, 0.3) is 5.52 Å². The van der Waals surface area contributed by atoms with E-state index in [0.717, 1.165) is 18.4 Å². The second kappa shape index (κ2) is 6.64. The SMILES string of the molecule is CCOC(=O)c1cc(C2CC2)c2c(C)c(N3CC[C@H](O)C3)c(F)cn2c1=O. The summed E-state index contributed by atoms with van der Waals surface area (Å²) in [5, 5.41) is 9.83. The number of rotatable bonds is 4. The molecule has 1 saturated heterocycles. The predicted octanol–water partition coefficient (Wildman–Crippen LogP) is 2.37. The number of halogens is 1. The highest BCUT2D eigenvalue weighted by Crippen LogP contribution is 2.44. The predicted molar refractivity (Wildman–Crippen MR) is 99.1 cm³/mol. The lowest BCUT2D eigenvalue weighted by Crippen LogP contribution is -2.28. The molecule has 7 heteroatoms. The van der Waals surface area contributed by atoms with Gasteiger partial charge in [0.25, 0.3) is 5.56 Å². The van der Waals surface area contributed by atoms with E-state index in [1.165, 1.54) is 10.6 Å². The monoisotopic (exact) mass is 374 g/mol. The van der Waals surface area contributed by atoms with Gasteiger partial charge in [-0.3, -0.25) is 9.20 Å². The van der Waals surface area contributed by atoms with E-state index in [2.05, 4.69) is 0 Å². The van der Waals surface area contributed by atoms with Crippen molar-refractivity contribution in [3.05, 3.63) is 45.1 Å². The van der Waals surface area contributed by atoms with Crippen molar-refractivity contribution in [2.45, 2.75) is 45.1 Å². The molecule has 0 radical (unpaired) electrons. The van der Waals surface area contributed by atoms with Crippen LogP contribution in [0.4, 0.5) is 10.1 Å². The zero-order chi connectivity index (χ0) is 19.3. The lowest BCUT2D eigenvalue weighted by atomic mass is 10.0. The van der Waals surface area contributed by atoms with Crippen LogP contribution < -0.4 is 10.5 Å². The number of aliphatic hydroxyl groups excluding tert-OH is 1. The molecule has 2 aromatic heterocycles. The number of carbonyl (C=O) groups excluding carboxylic acids is 1. The third-order valence-corrected chi connectivity index (χ3v) is 5.43. The number of aliphatic hydroxyl groups is 1. The molecular formula is C20H23FN2O4. The molecule has 2 fully saturated rings. The maximum Gasteiger partial charge on any atom is 0.343 e. The molecule has 1 saturated carbocycles. The summed E-state index contributed by atoms with van der Waals surface area (Å²) in [5.41, 5.74) is 2.02. The quantitative estimate of drug-likeness (QED) is 0.832. The van der Waals surface area contributed by atoms with Gasteiger partial charge in [0, 0.05) is 13.1 Å². The fraction of sp³-hybridized carbons (Fsp3) is 0.500. The molecule has 1 aliphatic carbocycles. The van der Waals surface area contributed by atoms with Crippen molar-refractivity contribution in [2.75, 3.05) is 24.6 Å². The van der Waals surface area contributed by atoms with Crippen molar-refractivity contribution < 1.29 is 19.0 Å². The smallest absolute Gasteiger partial charge is 0.343 e. The van der Waals surface area contributed by atoms with Gasteiger partial charge in [-0.1, -0.05) is 0 Å². The van der Waals surface area contributed by atoms with Crippen molar-refractivity contribution in [1.29, 1.82) is 0 Å². The molecule has 0 aromatic carbocycles.